The highest BCUT2D eigenvalue weighted by molar-refractivity contribution is 6.06. The number of fused-ring (bicyclic) bond motifs is 1. The number of nitrogens with one attached hydrogen (secondary N) is 1. The third-order valence-electron chi connectivity index (χ3n) is 8.36. The standard InChI is InChI=1S/C37H30FN5O2/c1-25-22-30(43-24-41-32-34(39-23-40-35(32)43)42-36(44)26-14-6-2-7-15-26)31(38)33(25)45-37(27-16-8-3-9-17-27,28-18-10-4-11-19-28)29-20-12-5-13-21-29/h2-21,23-24,30-31,33H,1,22H2,(H,39,40,42,44)/t30-,31-,33-/m1/s1. The Morgan fingerprint density at radius 3 is 1.89 bits per heavy atom. The molecule has 1 fully saturated rings. The van der Waals surface area contributed by atoms with E-state index in [1.54, 1.807) is 35.2 Å². The van der Waals surface area contributed by atoms with Crippen molar-refractivity contribution in [3.8, 4) is 0 Å². The fraction of sp³-hybridized carbons (Fsp3) is 0.135. The van der Waals surface area contributed by atoms with E-state index < -0.39 is 23.9 Å². The number of hydrogen-bond donors (Lipinski definition) is 1. The molecular formula is C37H30FN5O2. The minimum Gasteiger partial charge on any atom is -0.350 e. The van der Waals surface area contributed by atoms with Gasteiger partial charge in [-0.25, -0.2) is 19.3 Å². The molecule has 1 amide bonds. The number of benzene rings is 4. The molecule has 7 rings (SSSR count). The summed E-state index contributed by atoms with van der Waals surface area (Å²) in [6.45, 7) is 4.29. The Morgan fingerprint density at radius 2 is 1.33 bits per heavy atom. The molecule has 2 heterocycles. The number of ether oxygens (including phenoxy) is 1. The highest BCUT2D eigenvalue weighted by Gasteiger charge is 2.48. The number of halogens is 1. The van der Waals surface area contributed by atoms with Crippen molar-refractivity contribution in [3.63, 3.8) is 0 Å². The van der Waals surface area contributed by atoms with Crippen LogP contribution in [-0.4, -0.2) is 37.7 Å². The van der Waals surface area contributed by atoms with Gasteiger partial charge < -0.3 is 14.6 Å². The molecule has 1 aliphatic rings. The van der Waals surface area contributed by atoms with E-state index in [2.05, 4.69) is 26.8 Å². The lowest BCUT2D eigenvalue weighted by Crippen LogP contribution is -2.40. The van der Waals surface area contributed by atoms with Crippen molar-refractivity contribution in [2.45, 2.75) is 30.3 Å². The minimum atomic E-state index is -1.47. The van der Waals surface area contributed by atoms with Gasteiger partial charge in [0.15, 0.2) is 23.2 Å². The van der Waals surface area contributed by atoms with Gasteiger partial charge in [-0.2, -0.15) is 0 Å². The summed E-state index contributed by atoms with van der Waals surface area (Å²) in [6.07, 6.45) is 0.803. The zero-order valence-electron chi connectivity index (χ0n) is 24.3. The Kier molecular flexibility index (Phi) is 7.49. The number of anilines is 1. The minimum absolute atomic E-state index is 0.254. The van der Waals surface area contributed by atoms with E-state index in [-0.39, 0.29) is 11.7 Å². The molecule has 45 heavy (non-hydrogen) atoms. The molecule has 2 aromatic heterocycles. The number of hydrogen-bond acceptors (Lipinski definition) is 5. The number of aromatic nitrogens is 4. The van der Waals surface area contributed by atoms with Crippen molar-refractivity contribution in [2.24, 2.45) is 0 Å². The number of alkyl halides is 1. The summed E-state index contributed by atoms with van der Waals surface area (Å²) in [5.74, 6) is -0.0702. The Labute approximate surface area is 260 Å². The van der Waals surface area contributed by atoms with E-state index in [0.29, 0.717) is 28.7 Å². The normalized spacial score (nSPS) is 18.2. The highest BCUT2D eigenvalue weighted by Crippen LogP contribution is 2.47. The van der Waals surface area contributed by atoms with Crippen LogP contribution in [0.3, 0.4) is 0 Å². The number of carbonyl (C=O) groups excluding carboxylic acids is 1. The van der Waals surface area contributed by atoms with Crippen LogP contribution in [0.4, 0.5) is 10.2 Å². The first-order chi connectivity index (χ1) is 22.1. The molecule has 0 unspecified atom stereocenters. The van der Waals surface area contributed by atoms with Crippen molar-refractivity contribution in [1.82, 2.24) is 19.5 Å². The van der Waals surface area contributed by atoms with E-state index in [9.17, 15) is 4.79 Å². The molecule has 222 valence electrons. The molecule has 0 saturated heterocycles. The molecule has 1 aliphatic carbocycles. The van der Waals surface area contributed by atoms with Crippen LogP contribution in [0.1, 0.15) is 39.5 Å². The molecule has 0 radical (unpaired) electrons. The van der Waals surface area contributed by atoms with Crippen molar-refractivity contribution in [2.75, 3.05) is 5.32 Å². The second-order valence-electron chi connectivity index (χ2n) is 11.1. The van der Waals surface area contributed by atoms with Crippen molar-refractivity contribution in [3.05, 3.63) is 168 Å². The molecule has 7 nitrogen and oxygen atoms in total. The predicted octanol–water partition coefficient (Wildman–Crippen LogP) is 7.30. The van der Waals surface area contributed by atoms with Crippen LogP contribution in [0.5, 0.6) is 0 Å². The van der Waals surface area contributed by atoms with Gasteiger partial charge in [-0.15, -0.1) is 0 Å². The molecule has 0 spiro atoms. The molecule has 6 aromatic rings. The van der Waals surface area contributed by atoms with E-state index in [0.717, 1.165) is 16.7 Å². The lowest BCUT2D eigenvalue weighted by Gasteiger charge is -2.39. The smallest absolute Gasteiger partial charge is 0.256 e. The molecule has 0 aliphatic heterocycles. The molecule has 1 saturated carbocycles. The maximum Gasteiger partial charge on any atom is 0.256 e. The average molecular weight is 596 g/mol. The largest absolute Gasteiger partial charge is 0.350 e. The Morgan fingerprint density at radius 1 is 0.800 bits per heavy atom. The van der Waals surface area contributed by atoms with Gasteiger partial charge in [-0.05, 0) is 40.8 Å². The van der Waals surface area contributed by atoms with Crippen molar-refractivity contribution in [1.29, 1.82) is 0 Å². The zero-order valence-corrected chi connectivity index (χ0v) is 24.3. The maximum absolute atomic E-state index is 16.9. The van der Waals surface area contributed by atoms with Crippen LogP contribution < -0.4 is 5.32 Å². The molecule has 0 bridgehead atoms. The van der Waals surface area contributed by atoms with Crippen LogP contribution in [-0.2, 0) is 10.3 Å². The summed E-state index contributed by atoms with van der Waals surface area (Å²) < 4.78 is 25.6. The summed E-state index contributed by atoms with van der Waals surface area (Å²) >= 11 is 0. The second-order valence-corrected chi connectivity index (χ2v) is 11.1. The van der Waals surface area contributed by atoms with Gasteiger partial charge >= 0.3 is 0 Å². The lowest BCUT2D eigenvalue weighted by molar-refractivity contribution is -0.0590. The van der Waals surface area contributed by atoms with Gasteiger partial charge in [-0.3, -0.25) is 4.79 Å². The van der Waals surface area contributed by atoms with Gasteiger partial charge in [0, 0.05) is 5.56 Å². The van der Waals surface area contributed by atoms with Crippen LogP contribution in [0.25, 0.3) is 11.2 Å². The molecule has 3 atom stereocenters. The summed E-state index contributed by atoms with van der Waals surface area (Å²) in [6, 6.07) is 37.8. The van der Waals surface area contributed by atoms with Gasteiger partial charge in [-0.1, -0.05) is 116 Å². The zero-order chi connectivity index (χ0) is 30.8. The van der Waals surface area contributed by atoms with Crippen molar-refractivity contribution < 1.29 is 13.9 Å². The lowest BCUT2D eigenvalue weighted by atomic mass is 9.79. The predicted molar refractivity (Wildman–Crippen MR) is 171 cm³/mol. The van der Waals surface area contributed by atoms with E-state index in [1.165, 1.54) is 6.33 Å². The Balaban J connectivity index is 1.25. The fourth-order valence-electron chi connectivity index (χ4n) is 6.19. The summed E-state index contributed by atoms with van der Waals surface area (Å²) in [7, 11) is 0. The third kappa shape index (κ3) is 5.09. The Hall–Kier alpha value is -5.47. The van der Waals surface area contributed by atoms with Gasteiger partial charge in [0.25, 0.3) is 5.91 Å². The maximum atomic E-state index is 16.9. The van der Waals surface area contributed by atoms with Crippen LogP contribution >= 0.6 is 0 Å². The van der Waals surface area contributed by atoms with Gasteiger partial charge in [0.05, 0.1) is 12.4 Å². The first-order valence-corrected chi connectivity index (χ1v) is 14.8. The number of nitrogens with zero attached hydrogens (tertiary/aromatic N) is 4. The third-order valence-corrected chi connectivity index (χ3v) is 8.36. The SMILES string of the molecule is C=C1C[C@@H](n2cnc3c(NC(=O)c4ccccc4)ncnc32)[C@@H](F)[C@@H]1OC(c1ccccc1)(c1ccccc1)c1ccccc1. The topological polar surface area (TPSA) is 81.9 Å². The first kappa shape index (κ1) is 28.3. The second kappa shape index (κ2) is 11.9. The first-order valence-electron chi connectivity index (χ1n) is 14.8. The van der Waals surface area contributed by atoms with Crippen LogP contribution in [0, 0.1) is 0 Å². The molecule has 8 heteroatoms. The van der Waals surface area contributed by atoms with Crippen LogP contribution in [0.15, 0.2) is 146 Å². The average Bonchev–Trinajstić information content (AvgIpc) is 3.65. The van der Waals surface area contributed by atoms with Crippen LogP contribution in [0.2, 0.25) is 0 Å². The Bertz CT molecular complexity index is 1850. The highest BCUT2D eigenvalue weighted by atomic mass is 19.1. The van der Waals surface area contributed by atoms with E-state index in [1.807, 2.05) is 97.1 Å². The number of carbonyl (C=O) groups is 1. The fourth-order valence-corrected chi connectivity index (χ4v) is 6.19. The number of imidazole rings is 1. The van der Waals surface area contributed by atoms with E-state index >= 15 is 4.39 Å². The quantitative estimate of drug-likeness (QED) is 0.148. The number of amides is 1. The van der Waals surface area contributed by atoms with Crippen molar-refractivity contribution >= 4 is 22.9 Å². The van der Waals surface area contributed by atoms with Gasteiger partial charge in [0.2, 0.25) is 0 Å². The monoisotopic (exact) mass is 595 g/mol. The summed E-state index contributed by atoms with van der Waals surface area (Å²) in [5.41, 5.74) is 3.43. The summed E-state index contributed by atoms with van der Waals surface area (Å²) in [4.78, 5) is 26.0. The molecular weight excluding hydrogens is 565 g/mol. The summed E-state index contributed by atoms with van der Waals surface area (Å²) in [5, 5.41) is 2.82. The van der Waals surface area contributed by atoms with Gasteiger partial charge in [0.1, 0.15) is 18.0 Å². The molecule has 1 N–H and O–H groups in total. The molecule has 4 aromatic carbocycles. The van der Waals surface area contributed by atoms with E-state index in [4.69, 9.17) is 4.74 Å². The number of rotatable bonds is 8.